The average molecular weight is 185 g/mol. The highest BCUT2D eigenvalue weighted by atomic mass is 32.2. The summed E-state index contributed by atoms with van der Waals surface area (Å²) in [7, 11) is -3.25. The second kappa shape index (κ2) is 3.25. The summed E-state index contributed by atoms with van der Waals surface area (Å²) in [5, 5.41) is 0. The molecule has 0 atom stereocenters. The standard InChI is InChI=1S/C8H11NO2S/c1-3-4-5-8-7(2)6-9-12(8,10)11/h3-5,9H,2,6H2,1H3/b4-3-,8-5+. The van der Waals surface area contributed by atoms with Gasteiger partial charge in [0.2, 0.25) is 10.0 Å². The Balaban J connectivity index is 3.09. The lowest BCUT2D eigenvalue weighted by Crippen LogP contribution is -2.14. The summed E-state index contributed by atoms with van der Waals surface area (Å²) < 4.78 is 24.8. The number of sulfonamides is 1. The van der Waals surface area contributed by atoms with E-state index in [4.69, 9.17) is 0 Å². The van der Waals surface area contributed by atoms with Crippen LogP contribution in [-0.2, 0) is 10.0 Å². The molecule has 0 aliphatic carbocycles. The van der Waals surface area contributed by atoms with E-state index in [1.807, 2.05) is 6.92 Å². The van der Waals surface area contributed by atoms with E-state index in [1.54, 1.807) is 18.2 Å². The first-order valence-corrected chi connectivity index (χ1v) is 5.07. The Hall–Kier alpha value is -0.870. The van der Waals surface area contributed by atoms with E-state index in [0.29, 0.717) is 17.0 Å². The summed E-state index contributed by atoms with van der Waals surface area (Å²) in [5.74, 6) is 0. The topological polar surface area (TPSA) is 46.2 Å². The van der Waals surface area contributed by atoms with Crippen LogP contribution in [0, 0.1) is 0 Å². The molecule has 0 aromatic carbocycles. The Morgan fingerprint density at radius 1 is 1.58 bits per heavy atom. The van der Waals surface area contributed by atoms with Crippen molar-refractivity contribution in [3.63, 3.8) is 0 Å². The van der Waals surface area contributed by atoms with Crippen molar-refractivity contribution in [3.05, 3.63) is 35.3 Å². The summed E-state index contributed by atoms with van der Waals surface area (Å²) in [4.78, 5) is 0.292. The molecule has 0 saturated carbocycles. The molecule has 1 N–H and O–H groups in total. The summed E-state index contributed by atoms with van der Waals surface area (Å²) in [6.07, 6.45) is 5.01. The normalized spacial score (nSPS) is 25.8. The summed E-state index contributed by atoms with van der Waals surface area (Å²) in [6, 6.07) is 0. The number of allylic oxidation sites excluding steroid dienone is 3. The van der Waals surface area contributed by atoms with Crippen molar-refractivity contribution in [2.45, 2.75) is 6.92 Å². The van der Waals surface area contributed by atoms with E-state index >= 15 is 0 Å². The van der Waals surface area contributed by atoms with Gasteiger partial charge in [0, 0.05) is 6.54 Å². The van der Waals surface area contributed by atoms with Crippen LogP contribution in [0.4, 0.5) is 0 Å². The van der Waals surface area contributed by atoms with Crippen LogP contribution in [0.1, 0.15) is 6.92 Å². The summed E-state index contributed by atoms with van der Waals surface area (Å²) in [6.45, 7) is 5.79. The molecular formula is C8H11NO2S. The van der Waals surface area contributed by atoms with Gasteiger partial charge in [0.25, 0.3) is 0 Å². The van der Waals surface area contributed by atoms with Crippen molar-refractivity contribution in [1.82, 2.24) is 4.72 Å². The van der Waals surface area contributed by atoms with Gasteiger partial charge in [-0.2, -0.15) is 0 Å². The molecule has 0 aromatic rings. The van der Waals surface area contributed by atoms with E-state index in [-0.39, 0.29) is 0 Å². The molecule has 0 spiro atoms. The molecule has 12 heavy (non-hydrogen) atoms. The first-order valence-electron chi connectivity index (χ1n) is 3.58. The van der Waals surface area contributed by atoms with Gasteiger partial charge in [0.15, 0.2) is 0 Å². The SMILES string of the molecule is C=C1CNS(=O)(=O)/C1=C/C=C\C. The third kappa shape index (κ3) is 1.65. The number of hydrogen-bond donors (Lipinski definition) is 1. The fourth-order valence-electron chi connectivity index (χ4n) is 0.928. The smallest absolute Gasteiger partial charge is 0.207 e. The molecule has 1 aliphatic rings. The molecule has 1 rings (SSSR count). The van der Waals surface area contributed by atoms with Gasteiger partial charge >= 0.3 is 0 Å². The van der Waals surface area contributed by atoms with Crippen LogP contribution >= 0.6 is 0 Å². The fraction of sp³-hybridized carbons (Fsp3) is 0.250. The number of rotatable bonds is 1. The Labute approximate surface area is 72.5 Å². The summed E-state index contributed by atoms with van der Waals surface area (Å²) >= 11 is 0. The van der Waals surface area contributed by atoms with Gasteiger partial charge in [0.05, 0.1) is 4.91 Å². The van der Waals surface area contributed by atoms with Gasteiger partial charge < -0.3 is 0 Å². The van der Waals surface area contributed by atoms with E-state index in [2.05, 4.69) is 11.3 Å². The lowest BCUT2D eigenvalue weighted by Gasteiger charge is -1.93. The van der Waals surface area contributed by atoms with Crippen LogP contribution in [0.5, 0.6) is 0 Å². The minimum absolute atomic E-state index is 0.292. The highest BCUT2D eigenvalue weighted by Crippen LogP contribution is 2.20. The highest BCUT2D eigenvalue weighted by molar-refractivity contribution is 7.94. The van der Waals surface area contributed by atoms with E-state index in [1.165, 1.54) is 0 Å². The average Bonchev–Trinajstić information content (AvgIpc) is 2.24. The molecule has 1 aliphatic heterocycles. The first-order chi connectivity index (χ1) is 5.58. The van der Waals surface area contributed by atoms with Crippen molar-refractivity contribution in [2.24, 2.45) is 0 Å². The zero-order valence-corrected chi connectivity index (χ0v) is 7.69. The van der Waals surface area contributed by atoms with E-state index in [9.17, 15) is 8.42 Å². The van der Waals surface area contributed by atoms with Gasteiger partial charge in [0.1, 0.15) is 0 Å². The van der Waals surface area contributed by atoms with Gasteiger partial charge in [-0.3, -0.25) is 0 Å². The number of hydrogen-bond acceptors (Lipinski definition) is 2. The van der Waals surface area contributed by atoms with Crippen molar-refractivity contribution in [2.75, 3.05) is 6.54 Å². The third-order valence-corrected chi connectivity index (χ3v) is 3.08. The zero-order chi connectivity index (χ0) is 9.19. The second-order valence-corrected chi connectivity index (χ2v) is 4.22. The third-order valence-electron chi connectivity index (χ3n) is 1.55. The van der Waals surface area contributed by atoms with Crippen molar-refractivity contribution >= 4 is 10.0 Å². The molecule has 0 aromatic heterocycles. The monoisotopic (exact) mass is 185 g/mol. The van der Waals surface area contributed by atoms with E-state index in [0.717, 1.165) is 0 Å². The van der Waals surface area contributed by atoms with Gasteiger partial charge in [-0.05, 0) is 18.6 Å². The second-order valence-electron chi connectivity index (χ2n) is 2.48. The molecule has 0 bridgehead atoms. The first kappa shape index (κ1) is 9.22. The largest absolute Gasteiger partial charge is 0.241 e. The van der Waals surface area contributed by atoms with Crippen LogP contribution in [0.25, 0.3) is 0 Å². The molecule has 0 unspecified atom stereocenters. The van der Waals surface area contributed by atoms with Crippen LogP contribution in [0.2, 0.25) is 0 Å². The number of nitrogens with one attached hydrogen (secondary N) is 1. The molecular weight excluding hydrogens is 174 g/mol. The van der Waals surface area contributed by atoms with Gasteiger partial charge in [-0.1, -0.05) is 18.7 Å². The van der Waals surface area contributed by atoms with Gasteiger partial charge in [-0.25, -0.2) is 13.1 Å². The predicted molar refractivity (Wildman–Crippen MR) is 49.0 cm³/mol. The Kier molecular flexibility index (Phi) is 2.49. The lowest BCUT2D eigenvalue weighted by molar-refractivity contribution is 0.597. The van der Waals surface area contributed by atoms with Crippen molar-refractivity contribution in [1.29, 1.82) is 0 Å². The van der Waals surface area contributed by atoms with Crippen LogP contribution in [0.15, 0.2) is 35.3 Å². The minimum atomic E-state index is -3.25. The maximum Gasteiger partial charge on any atom is 0.241 e. The van der Waals surface area contributed by atoms with Gasteiger partial charge in [-0.15, -0.1) is 0 Å². The molecule has 1 fully saturated rings. The minimum Gasteiger partial charge on any atom is -0.207 e. The Bertz CT molecular complexity index is 349. The van der Waals surface area contributed by atoms with Crippen molar-refractivity contribution in [3.8, 4) is 0 Å². The van der Waals surface area contributed by atoms with Crippen LogP contribution in [-0.4, -0.2) is 15.0 Å². The molecule has 0 radical (unpaired) electrons. The molecule has 0 amide bonds. The molecule has 1 heterocycles. The highest BCUT2D eigenvalue weighted by Gasteiger charge is 2.26. The lowest BCUT2D eigenvalue weighted by atomic mass is 10.3. The molecule has 66 valence electrons. The summed E-state index contributed by atoms with van der Waals surface area (Å²) in [5.41, 5.74) is 0.619. The predicted octanol–water partition coefficient (Wildman–Crippen LogP) is 0.936. The quantitative estimate of drug-likeness (QED) is 0.660. The van der Waals surface area contributed by atoms with Crippen LogP contribution < -0.4 is 4.72 Å². The zero-order valence-electron chi connectivity index (χ0n) is 6.87. The molecule has 4 heteroatoms. The maximum atomic E-state index is 11.2. The molecule has 3 nitrogen and oxygen atoms in total. The fourth-order valence-corrected chi connectivity index (χ4v) is 2.16. The Morgan fingerprint density at radius 2 is 2.25 bits per heavy atom. The van der Waals surface area contributed by atoms with Crippen LogP contribution in [0.3, 0.4) is 0 Å². The molecule has 1 saturated heterocycles. The van der Waals surface area contributed by atoms with E-state index < -0.39 is 10.0 Å². The maximum absolute atomic E-state index is 11.2. The van der Waals surface area contributed by atoms with Crippen molar-refractivity contribution < 1.29 is 8.42 Å². The Morgan fingerprint density at radius 3 is 2.67 bits per heavy atom.